The van der Waals surface area contributed by atoms with E-state index in [1.165, 1.54) is 0 Å². The lowest BCUT2D eigenvalue weighted by molar-refractivity contribution is -0.139. The Bertz CT molecular complexity index is 170. The molecule has 0 amide bonds. The van der Waals surface area contributed by atoms with E-state index in [1.54, 1.807) is 13.8 Å². The van der Waals surface area contributed by atoms with Crippen LogP contribution in [-0.4, -0.2) is 28.0 Å². The third-order valence-electron chi connectivity index (χ3n) is 2.83. The van der Waals surface area contributed by atoms with Crippen LogP contribution in [-0.2, 0) is 0 Å². The molecule has 1 aliphatic heterocycles. The van der Waals surface area contributed by atoms with Crippen molar-refractivity contribution in [2.45, 2.75) is 30.7 Å². The zero-order valence-electron chi connectivity index (χ0n) is 8.23. The van der Waals surface area contributed by atoms with E-state index in [0.717, 1.165) is 0 Å². The summed E-state index contributed by atoms with van der Waals surface area (Å²) in [6, 6.07) is 0. The molecule has 0 N–H and O–H groups in total. The van der Waals surface area contributed by atoms with Gasteiger partial charge in [-0.3, -0.25) is 4.90 Å². The summed E-state index contributed by atoms with van der Waals surface area (Å²) in [7, 11) is 0. The Kier molecular flexibility index (Phi) is 3.54. The number of hydrogen-bond donors (Lipinski definition) is 0. The maximum Gasteiger partial charge on any atom is 0.255 e. The Morgan fingerprint density at radius 3 is 2.00 bits per heavy atom. The van der Waals surface area contributed by atoms with E-state index in [9.17, 15) is 8.78 Å². The van der Waals surface area contributed by atoms with Crippen LogP contribution in [0.2, 0.25) is 0 Å². The van der Waals surface area contributed by atoms with Crippen molar-refractivity contribution >= 4 is 22.6 Å². The zero-order valence-corrected chi connectivity index (χ0v) is 10.4. The van der Waals surface area contributed by atoms with Crippen molar-refractivity contribution in [3.05, 3.63) is 0 Å². The topological polar surface area (TPSA) is 3.24 Å². The highest BCUT2D eigenvalue weighted by Gasteiger charge is 2.47. The SMILES string of the molecule is CC(I)N1CC(C)C(F)(F)C(C)C1. The van der Waals surface area contributed by atoms with Crippen LogP contribution >= 0.6 is 22.6 Å². The summed E-state index contributed by atoms with van der Waals surface area (Å²) in [5, 5.41) is 0. The van der Waals surface area contributed by atoms with Crippen LogP contribution in [0.5, 0.6) is 0 Å². The van der Waals surface area contributed by atoms with E-state index in [1.807, 2.05) is 6.92 Å². The van der Waals surface area contributed by atoms with E-state index in [0.29, 0.717) is 17.1 Å². The fourth-order valence-corrected chi connectivity index (χ4v) is 2.25. The fraction of sp³-hybridized carbons (Fsp3) is 1.00. The first-order valence-electron chi connectivity index (χ1n) is 4.61. The summed E-state index contributed by atoms with van der Waals surface area (Å²) in [5.41, 5.74) is 0. The molecule has 0 bridgehead atoms. The monoisotopic (exact) mass is 303 g/mol. The first-order chi connectivity index (χ1) is 5.85. The molecule has 1 heterocycles. The molecule has 13 heavy (non-hydrogen) atoms. The van der Waals surface area contributed by atoms with Crippen molar-refractivity contribution in [3.63, 3.8) is 0 Å². The lowest BCUT2D eigenvalue weighted by Crippen LogP contribution is -2.52. The van der Waals surface area contributed by atoms with Gasteiger partial charge in [-0.15, -0.1) is 0 Å². The summed E-state index contributed by atoms with van der Waals surface area (Å²) in [6.07, 6.45) is 0. The Labute approximate surface area is 92.0 Å². The van der Waals surface area contributed by atoms with Gasteiger partial charge in [0.2, 0.25) is 0 Å². The van der Waals surface area contributed by atoms with Crippen LogP contribution in [0.1, 0.15) is 20.8 Å². The summed E-state index contributed by atoms with van der Waals surface area (Å²) < 4.78 is 27.1. The molecule has 0 aromatic rings. The Balaban J connectivity index is 2.68. The van der Waals surface area contributed by atoms with Gasteiger partial charge in [0.05, 0.1) is 4.05 Å². The second-order valence-corrected chi connectivity index (χ2v) is 5.81. The number of alkyl halides is 3. The Morgan fingerprint density at radius 1 is 1.31 bits per heavy atom. The molecule has 3 atom stereocenters. The molecule has 0 aliphatic carbocycles. The average molecular weight is 303 g/mol. The van der Waals surface area contributed by atoms with Crippen molar-refractivity contribution in [2.75, 3.05) is 13.1 Å². The summed E-state index contributed by atoms with van der Waals surface area (Å²) in [5.74, 6) is -3.52. The van der Waals surface area contributed by atoms with E-state index in [4.69, 9.17) is 0 Å². The van der Waals surface area contributed by atoms with E-state index >= 15 is 0 Å². The predicted molar refractivity (Wildman–Crippen MR) is 58.3 cm³/mol. The van der Waals surface area contributed by atoms with Crippen LogP contribution in [0.4, 0.5) is 8.78 Å². The van der Waals surface area contributed by atoms with Crippen molar-refractivity contribution in [1.82, 2.24) is 4.90 Å². The minimum absolute atomic E-state index is 0.346. The van der Waals surface area contributed by atoms with Crippen molar-refractivity contribution in [3.8, 4) is 0 Å². The molecule has 1 aliphatic rings. The van der Waals surface area contributed by atoms with Crippen molar-refractivity contribution < 1.29 is 8.78 Å². The van der Waals surface area contributed by atoms with Gasteiger partial charge in [0.25, 0.3) is 5.92 Å². The fourth-order valence-electron chi connectivity index (χ4n) is 1.80. The highest BCUT2D eigenvalue weighted by atomic mass is 127. The lowest BCUT2D eigenvalue weighted by Gasteiger charge is -2.42. The maximum atomic E-state index is 13.4. The molecule has 1 fully saturated rings. The average Bonchev–Trinajstić information content (AvgIpc) is 2.00. The van der Waals surface area contributed by atoms with E-state index in [2.05, 4.69) is 27.5 Å². The zero-order chi connectivity index (χ0) is 10.2. The molecule has 78 valence electrons. The van der Waals surface area contributed by atoms with Gasteiger partial charge in [0.15, 0.2) is 0 Å². The third-order valence-corrected chi connectivity index (χ3v) is 3.62. The Morgan fingerprint density at radius 2 is 1.69 bits per heavy atom. The predicted octanol–water partition coefficient (Wildman–Crippen LogP) is 2.99. The highest BCUT2D eigenvalue weighted by molar-refractivity contribution is 14.1. The molecule has 1 rings (SSSR count). The highest BCUT2D eigenvalue weighted by Crippen LogP contribution is 2.38. The van der Waals surface area contributed by atoms with Crippen LogP contribution in [0, 0.1) is 11.8 Å². The molecule has 0 saturated carbocycles. The van der Waals surface area contributed by atoms with Gasteiger partial charge in [-0.2, -0.15) is 0 Å². The molecule has 4 heteroatoms. The second kappa shape index (κ2) is 3.96. The smallest absolute Gasteiger partial charge is 0.255 e. The van der Waals surface area contributed by atoms with Gasteiger partial charge in [-0.25, -0.2) is 8.78 Å². The number of nitrogens with zero attached hydrogens (tertiary/aromatic N) is 1. The molecule has 3 unspecified atom stereocenters. The number of likely N-dealkylation sites (tertiary alicyclic amines) is 1. The minimum atomic E-state index is -2.48. The number of halogens is 3. The van der Waals surface area contributed by atoms with Gasteiger partial charge < -0.3 is 0 Å². The maximum absolute atomic E-state index is 13.4. The van der Waals surface area contributed by atoms with Gasteiger partial charge in [-0.1, -0.05) is 36.4 Å². The molecule has 0 radical (unpaired) electrons. The normalized spacial score (nSPS) is 37.4. The summed E-state index contributed by atoms with van der Waals surface area (Å²) in [4.78, 5) is 2.12. The number of piperidine rings is 1. The first-order valence-corrected chi connectivity index (χ1v) is 5.86. The van der Waals surface area contributed by atoms with Gasteiger partial charge in [0.1, 0.15) is 0 Å². The molecule has 0 spiro atoms. The molecule has 0 aromatic carbocycles. The second-order valence-electron chi connectivity index (χ2n) is 4.00. The van der Waals surface area contributed by atoms with Crippen LogP contribution < -0.4 is 0 Å². The Hall–Kier alpha value is 0.550. The molecule has 0 aromatic heterocycles. The number of hydrogen-bond acceptors (Lipinski definition) is 1. The molecular formula is C9H16F2IN. The van der Waals surface area contributed by atoms with Crippen LogP contribution in [0.3, 0.4) is 0 Å². The minimum Gasteiger partial charge on any atom is -0.291 e. The van der Waals surface area contributed by atoms with E-state index < -0.39 is 17.8 Å². The van der Waals surface area contributed by atoms with Crippen LogP contribution in [0.15, 0.2) is 0 Å². The molecular weight excluding hydrogens is 287 g/mol. The quantitative estimate of drug-likeness (QED) is 0.409. The van der Waals surface area contributed by atoms with Gasteiger partial charge in [-0.05, 0) is 6.92 Å². The summed E-state index contributed by atoms with van der Waals surface area (Å²) >= 11 is 2.27. The van der Waals surface area contributed by atoms with Gasteiger partial charge >= 0.3 is 0 Å². The molecule has 1 saturated heterocycles. The van der Waals surface area contributed by atoms with E-state index in [-0.39, 0.29) is 0 Å². The van der Waals surface area contributed by atoms with Crippen molar-refractivity contribution in [1.29, 1.82) is 0 Å². The van der Waals surface area contributed by atoms with Crippen molar-refractivity contribution in [2.24, 2.45) is 11.8 Å². The largest absolute Gasteiger partial charge is 0.291 e. The number of rotatable bonds is 1. The van der Waals surface area contributed by atoms with Crippen LogP contribution in [0.25, 0.3) is 0 Å². The van der Waals surface area contributed by atoms with Gasteiger partial charge in [0, 0.05) is 24.9 Å². The standard InChI is InChI=1S/C9H16F2IN/c1-6-4-13(8(3)12)5-7(2)9(6,10)11/h6-8H,4-5H2,1-3H3. The lowest BCUT2D eigenvalue weighted by atomic mass is 9.87. The first kappa shape index (κ1) is 11.6. The molecule has 1 nitrogen and oxygen atoms in total. The summed E-state index contributed by atoms with van der Waals surface area (Å²) in [6.45, 7) is 6.36. The third kappa shape index (κ3) is 2.32.